The summed E-state index contributed by atoms with van der Waals surface area (Å²) >= 11 is 1.41. The van der Waals surface area contributed by atoms with Gasteiger partial charge in [0.05, 0.1) is 5.75 Å². The molecule has 0 spiro atoms. The zero-order chi connectivity index (χ0) is 18.4. The van der Waals surface area contributed by atoms with Crippen LogP contribution in [-0.2, 0) is 24.9 Å². The van der Waals surface area contributed by atoms with Gasteiger partial charge in [-0.2, -0.15) is 0 Å². The SMILES string of the molecule is CCc1ccc(OCc2nnc(SCC(=O)NC3CCCC3)n2C)cc1. The molecule has 1 N–H and O–H groups in total. The molecule has 0 unspecified atom stereocenters. The Morgan fingerprint density at radius 1 is 1.27 bits per heavy atom. The lowest BCUT2D eigenvalue weighted by Gasteiger charge is -2.11. The average molecular weight is 375 g/mol. The van der Waals surface area contributed by atoms with Crippen molar-refractivity contribution in [3.63, 3.8) is 0 Å². The van der Waals surface area contributed by atoms with E-state index in [4.69, 9.17) is 4.74 Å². The van der Waals surface area contributed by atoms with Crippen molar-refractivity contribution in [1.82, 2.24) is 20.1 Å². The number of carbonyl (C=O) groups is 1. The minimum absolute atomic E-state index is 0.0683. The molecule has 1 aliphatic rings. The van der Waals surface area contributed by atoms with Gasteiger partial charge >= 0.3 is 0 Å². The summed E-state index contributed by atoms with van der Waals surface area (Å²) in [5.74, 6) is 1.99. The minimum Gasteiger partial charge on any atom is -0.486 e. The molecule has 140 valence electrons. The van der Waals surface area contributed by atoms with E-state index in [2.05, 4.69) is 34.6 Å². The number of hydrogen-bond donors (Lipinski definition) is 1. The van der Waals surface area contributed by atoms with Crippen LogP contribution in [0.1, 0.15) is 44.0 Å². The Hall–Kier alpha value is -2.02. The Labute approximate surface area is 158 Å². The highest BCUT2D eigenvalue weighted by molar-refractivity contribution is 7.99. The number of nitrogens with one attached hydrogen (secondary N) is 1. The molecule has 1 aromatic heterocycles. The van der Waals surface area contributed by atoms with Crippen LogP contribution in [0.5, 0.6) is 5.75 Å². The number of hydrogen-bond acceptors (Lipinski definition) is 5. The van der Waals surface area contributed by atoms with E-state index in [1.807, 2.05) is 23.7 Å². The lowest BCUT2D eigenvalue weighted by Crippen LogP contribution is -2.33. The van der Waals surface area contributed by atoms with Crippen molar-refractivity contribution in [2.24, 2.45) is 7.05 Å². The van der Waals surface area contributed by atoms with Crippen LogP contribution in [0.15, 0.2) is 29.4 Å². The van der Waals surface area contributed by atoms with Gasteiger partial charge in [0.15, 0.2) is 11.0 Å². The van der Waals surface area contributed by atoms with Gasteiger partial charge in [0.2, 0.25) is 5.91 Å². The molecule has 7 heteroatoms. The van der Waals surface area contributed by atoms with Crippen LogP contribution in [0.3, 0.4) is 0 Å². The molecule has 2 aromatic rings. The summed E-state index contributed by atoms with van der Waals surface area (Å²) in [5.41, 5.74) is 1.28. The van der Waals surface area contributed by atoms with E-state index in [-0.39, 0.29) is 5.91 Å². The van der Waals surface area contributed by atoms with Crippen LogP contribution < -0.4 is 10.1 Å². The Bertz CT molecular complexity index is 724. The number of amides is 1. The number of nitrogens with zero attached hydrogens (tertiary/aromatic N) is 3. The number of ether oxygens (including phenoxy) is 1. The molecule has 1 amide bonds. The Kier molecular flexibility index (Phi) is 6.55. The summed E-state index contributed by atoms with van der Waals surface area (Å²) in [6.45, 7) is 2.48. The van der Waals surface area contributed by atoms with Gasteiger partial charge in [-0.25, -0.2) is 0 Å². The molecule has 0 radical (unpaired) electrons. The van der Waals surface area contributed by atoms with E-state index >= 15 is 0 Å². The number of aromatic nitrogens is 3. The van der Waals surface area contributed by atoms with Crippen molar-refractivity contribution in [3.8, 4) is 5.75 Å². The monoisotopic (exact) mass is 374 g/mol. The first-order valence-electron chi connectivity index (χ1n) is 9.18. The fourth-order valence-electron chi connectivity index (χ4n) is 3.04. The second-order valence-corrected chi connectivity index (χ2v) is 7.52. The molecular weight excluding hydrogens is 348 g/mol. The predicted octanol–water partition coefficient (Wildman–Crippen LogP) is 3.11. The first-order chi connectivity index (χ1) is 12.7. The molecule has 26 heavy (non-hydrogen) atoms. The van der Waals surface area contributed by atoms with Crippen molar-refractivity contribution in [3.05, 3.63) is 35.7 Å². The van der Waals surface area contributed by atoms with Crippen molar-refractivity contribution in [1.29, 1.82) is 0 Å². The fraction of sp³-hybridized carbons (Fsp3) is 0.526. The lowest BCUT2D eigenvalue weighted by molar-refractivity contribution is -0.119. The normalized spacial score (nSPS) is 14.5. The van der Waals surface area contributed by atoms with E-state index in [1.54, 1.807) is 0 Å². The zero-order valence-electron chi connectivity index (χ0n) is 15.4. The summed E-state index contributed by atoms with van der Waals surface area (Å²) < 4.78 is 7.67. The van der Waals surface area contributed by atoms with Crippen LogP contribution >= 0.6 is 11.8 Å². The molecule has 1 aromatic carbocycles. The van der Waals surface area contributed by atoms with E-state index in [0.29, 0.717) is 18.4 Å². The standard InChI is InChI=1S/C19H26N4O2S/c1-3-14-8-10-16(11-9-14)25-12-17-21-22-19(23(17)2)26-13-18(24)20-15-6-4-5-7-15/h8-11,15H,3-7,12-13H2,1-2H3,(H,20,24). The van der Waals surface area contributed by atoms with Crippen molar-refractivity contribution < 1.29 is 9.53 Å². The van der Waals surface area contributed by atoms with E-state index < -0.39 is 0 Å². The maximum Gasteiger partial charge on any atom is 0.230 e. The van der Waals surface area contributed by atoms with Crippen molar-refractivity contribution in [2.75, 3.05) is 5.75 Å². The van der Waals surface area contributed by atoms with Gasteiger partial charge in [-0.1, -0.05) is 43.7 Å². The van der Waals surface area contributed by atoms with Crippen LogP contribution in [0.25, 0.3) is 0 Å². The van der Waals surface area contributed by atoms with Crippen molar-refractivity contribution >= 4 is 17.7 Å². The van der Waals surface area contributed by atoms with E-state index in [0.717, 1.165) is 36.0 Å². The number of aryl methyl sites for hydroxylation is 1. The van der Waals surface area contributed by atoms with Gasteiger partial charge in [0.25, 0.3) is 0 Å². The highest BCUT2D eigenvalue weighted by atomic mass is 32.2. The number of thioether (sulfide) groups is 1. The molecule has 3 rings (SSSR count). The first kappa shape index (κ1) is 18.8. The molecule has 0 atom stereocenters. The second kappa shape index (κ2) is 9.07. The molecular formula is C19H26N4O2S. The molecule has 0 bridgehead atoms. The lowest BCUT2D eigenvalue weighted by atomic mass is 10.2. The number of carbonyl (C=O) groups excluding carboxylic acids is 1. The van der Waals surface area contributed by atoms with Gasteiger partial charge in [0, 0.05) is 13.1 Å². The maximum atomic E-state index is 12.0. The van der Waals surface area contributed by atoms with Crippen LogP contribution in [0, 0.1) is 0 Å². The van der Waals surface area contributed by atoms with Crippen LogP contribution in [0.4, 0.5) is 0 Å². The smallest absolute Gasteiger partial charge is 0.230 e. The summed E-state index contributed by atoms with van der Waals surface area (Å²) in [4.78, 5) is 12.0. The summed E-state index contributed by atoms with van der Waals surface area (Å²) in [5, 5.41) is 12.2. The third-order valence-corrected chi connectivity index (χ3v) is 5.70. The predicted molar refractivity (Wildman–Crippen MR) is 102 cm³/mol. The molecule has 0 saturated heterocycles. The summed E-state index contributed by atoms with van der Waals surface area (Å²) in [6.07, 6.45) is 5.64. The Balaban J connectivity index is 1.48. The van der Waals surface area contributed by atoms with Gasteiger partial charge in [-0.3, -0.25) is 4.79 Å². The molecule has 1 aliphatic carbocycles. The van der Waals surface area contributed by atoms with E-state index in [1.165, 1.54) is 30.2 Å². The van der Waals surface area contributed by atoms with Crippen molar-refractivity contribution in [2.45, 2.75) is 56.8 Å². The molecule has 1 saturated carbocycles. The Morgan fingerprint density at radius 2 is 2.00 bits per heavy atom. The highest BCUT2D eigenvalue weighted by Crippen LogP contribution is 2.20. The van der Waals surface area contributed by atoms with E-state index in [9.17, 15) is 4.79 Å². The fourth-order valence-corrected chi connectivity index (χ4v) is 3.78. The third kappa shape index (κ3) is 5.00. The maximum absolute atomic E-state index is 12.0. The molecule has 1 heterocycles. The summed E-state index contributed by atoms with van der Waals surface area (Å²) in [6, 6.07) is 8.42. The van der Waals surface area contributed by atoms with Crippen LogP contribution in [0.2, 0.25) is 0 Å². The highest BCUT2D eigenvalue weighted by Gasteiger charge is 2.18. The van der Waals surface area contributed by atoms with Gasteiger partial charge in [-0.05, 0) is 37.0 Å². The van der Waals surface area contributed by atoms with Gasteiger partial charge in [-0.15, -0.1) is 10.2 Å². The zero-order valence-corrected chi connectivity index (χ0v) is 16.2. The van der Waals surface area contributed by atoms with Gasteiger partial charge in [0.1, 0.15) is 12.4 Å². The largest absolute Gasteiger partial charge is 0.486 e. The Morgan fingerprint density at radius 3 is 2.69 bits per heavy atom. The third-order valence-electron chi connectivity index (χ3n) is 4.68. The number of benzene rings is 1. The molecule has 1 fully saturated rings. The molecule has 6 nitrogen and oxygen atoms in total. The topological polar surface area (TPSA) is 69.0 Å². The summed E-state index contributed by atoms with van der Waals surface area (Å²) in [7, 11) is 1.90. The molecule has 0 aliphatic heterocycles. The second-order valence-electron chi connectivity index (χ2n) is 6.58. The van der Waals surface area contributed by atoms with Crippen LogP contribution in [-0.4, -0.2) is 32.5 Å². The minimum atomic E-state index is 0.0683. The quantitative estimate of drug-likeness (QED) is 0.719. The first-order valence-corrected chi connectivity index (χ1v) is 10.2. The average Bonchev–Trinajstić information content (AvgIpc) is 3.29. The van der Waals surface area contributed by atoms with Gasteiger partial charge < -0.3 is 14.6 Å². The number of rotatable bonds is 8.